The van der Waals surface area contributed by atoms with Crippen molar-refractivity contribution >= 4 is 29.2 Å². The number of anilines is 3. The number of rotatable bonds is 7. The third-order valence-corrected chi connectivity index (χ3v) is 3.90. The summed E-state index contributed by atoms with van der Waals surface area (Å²) in [7, 11) is 1.57. The van der Waals surface area contributed by atoms with Crippen LogP contribution in [0.5, 0.6) is 5.75 Å². The molecule has 0 saturated carbocycles. The molecule has 148 valence electrons. The molecule has 1 aromatic heterocycles. The van der Waals surface area contributed by atoms with E-state index in [4.69, 9.17) is 9.47 Å². The van der Waals surface area contributed by atoms with Gasteiger partial charge in [-0.05, 0) is 49.4 Å². The Hall–Kier alpha value is -3.94. The lowest BCUT2D eigenvalue weighted by Crippen LogP contribution is -2.15. The molecule has 0 unspecified atom stereocenters. The molecular weight excluding hydrogens is 372 g/mol. The van der Waals surface area contributed by atoms with E-state index in [0.717, 1.165) is 0 Å². The van der Waals surface area contributed by atoms with Crippen molar-refractivity contribution in [2.24, 2.45) is 0 Å². The zero-order valence-corrected chi connectivity index (χ0v) is 16.0. The van der Waals surface area contributed by atoms with E-state index >= 15 is 0 Å². The van der Waals surface area contributed by atoms with E-state index in [2.05, 4.69) is 20.6 Å². The molecule has 1 heterocycles. The average molecular weight is 392 g/mol. The van der Waals surface area contributed by atoms with Gasteiger partial charge in [0.25, 0.3) is 5.91 Å². The zero-order valence-electron chi connectivity index (χ0n) is 16.0. The molecule has 0 aliphatic carbocycles. The fourth-order valence-corrected chi connectivity index (χ4v) is 2.51. The molecule has 3 rings (SSSR count). The first-order valence-electron chi connectivity index (χ1n) is 8.92. The predicted molar refractivity (Wildman–Crippen MR) is 109 cm³/mol. The van der Waals surface area contributed by atoms with Gasteiger partial charge in [-0.15, -0.1) is 0 Å². The summed E-state index contributed by atoms with van der Waals surface area (Å²) in [5, 5.41) is 5.77. The van der Waals surface area contributed by atoms with E-state index < -0.39 is 11.9 Å². The predicted octanol–water partition coefficient (Wildman–Crippen LogP) is 3.66. The van der Waals surface area contributed by atoms with Crippen molar-refractivity contribution in [1.29, 1.82) is 0 Å². The van der Waals surface area contributed by atoms with Crippen molar-refractivity contribution in [3.8, 4) is 5.75 Å². The van der Waals surface area contributed by atoms with Gasteiger partial charge in [0, 0.05) is 11.9 Å². The maximum atomic E-state index is 12.5. The lowest BCUT2D eigenvalue weighted by Gasteiger charge is -2.10. The van der Waals surface area contributed by atoms with Crippen LogP contribution in [0.15, 0.2) is 60.8 Å². The third kappa shape index (κ3) is 5.07. The molecule has 29 heavy (non-hydrogen) atoms. The molecule has 1 amide bonds. The van der Waals surface area contributed by atoms with E-state index in [1.165, 1.54) is 12.3 Å². The first-order valence-corrected chi connectivity index (χ1v) is 8.92. The standard InChI is InChI=1S/C21H20N4O4/c1-3-29-20(27)14-8-10-15(11-9-14)23-19(26)17-12-13-22-21(25-17)24-16-6-4-5-7-18(16)28-2/h4-13H,3H2,1-2H3,(H,23,26)(H,22,24,25). The normalized spacial score (nSPS) is 10.1. The number of amides is 1. The molecule has 0 fully saturated rings. The SMILES string of the molecule is CCOC(=O)c1ccc(NC(=O)c2ccnc(Nc3ccccc3OC)n2)cc1. The molecule has 0 atom stereocenters. The number of nitrogens with zero attached hydrogens (tertiary/aromatic N) is 2. The van der Waals surface area contributed by atoms with Crippen molar-refractivity contribution in [1.82, 2.24) is 9.97 Å². The van der Waals surface area contributed by atoms with Crippen LogP contribution in [-0.2, 0) is 4.74 Å². The summed E-state index contributed by atoms with van der Waals surface area (Å²) in [6.45, 7) is 2.04. The van der Waals surface area contributed by atoms with Gasteiger partial charge in [0.15, 0.2) is 0 Å². The monoisotopic (exact) mass is 392 g/mol. The summed E-state index contributed by atoms with van der Waals surface area (Å²) < 4.78 is 10.2. The van der Waals surface area contributed by atoms with Gasteiger partial charge in [-0.3, -0.25) is 4.79 Å². The maximum Gasteiger partial charge on any atom is 0.338 e. The highest BCUT2D eigenvalue weighted by Crippen LogP contribution is 2.25. The lowest BCUT2D eigenvalue weighted by atomic mass is 10.2. The number of methoxy groups -OCH3 is 1. The van der Waals surface area contributed by atoms with E-state index in [1.54, 1.807) is 44.4 Å². The fourth-order valence-electron chi connectivity index (χ4n) is 2.51. The molecule has 0 spiro atoms. The quantitative estimate of drug-likeness (QED) is 0.592. The summed E-state index contributed by atoms with van der Waals surface area (Å²) in [6, 6.07) is 15.3. The highest BCUT2D eigenvalue weighted by molar-refractivity contribution is 6.03. The van der Waals surface area contributed by atoms with Crippen LogP contribution < -0.4 is 15.4 Å². The Bertz CT molecular complexity index is 1010. The van der Waals surface area contributed by atoms with Crippen LogP contribution in [0.3, 0.4) is 0 Å². The molecule has 8 nitrogen and oxygen atoms in total. The molecule has 0 saturated heterocycles. The molecule has 2 N–H and O–H groups in total. The Morgan fingerprint density at radius 1 is 1.03 bits per heavy atom. The number of ether oxygens (including phenoxy) is 2. The van der Waals surface area contributed by atoms with Gasteiger partial charge in [0.05, 0.1) is 25.0 Å². The first kappa shape index (κ1) is 19.8. The third-order valence-electron chi connectivity index (χ3n) is 3.90. The number of nitrogens with one attached hydrogen (secondary N) is 2. The summed E-state index contributed by atoms with van der Waals surface area (Å²) in [6.07, 6.45) is 1.49. The highest BCUT2D eigenvalue weighted by atomic mass is 16.5. The number of aromatic nitrogens is 2. The number of benzene rings is 2. The van der Waals surface area contributed by atoms with Crippen molar-refractivity contribution < 1.29 is 19.1 Å². The maximum absolute atomic E-state index is 12.5. The Morgan fingerprint density at radius 2 is 1.79 bits per heavy atom. The molecule has 0 radical (unpaired) electrons. The van der Waals surface area contributed by atoms with E-state index in [0.29, 0.717) is 29.3 Å². The molecule has 0 aliphatic heterocycles. The molecule has 2 aromatic carbocycles. The van der Waals surface area contributed by atoms with E-state index in [9.17, 15) is 9.59 Å². The van der Waals surface area contributed by atoms with Crippen molar-refractivity contribution in [2.45, 2.75) is 6.92 Å². The van der Waals surface area contributed by atoms with Crippen molar-refractivity contribution in [2.75, 3.05) is 24.4 Å². The van der Waals surface area contributed by atoms with Crippen LogP contribution in [0, 0.1) is 0 Å². The van der Waals surface area contributed by atoms with E-state index in [1.807, 2.05) is 18.2 Å². The first-order chi connectivity index (χ1) is 14.1. The summed E-state index contributed by atoms with van der Waals surface area (Å²) in [5.74, 6) is 0.0834. The van der Waals surface area contributed by atoms with Gasteiger partial charge in [-0.25, -0.2) is 14.8 Å². The van der Waals surface area contributed by atoms with Crippen LogP contribution in [-0.4, -0.2) is 35.6 Å². The van der Waals surface area contributed by atoms with Gasteiger partial charge >= 0.3 is 5.97 Å². The minimum absolute atomic E-state index is 0.187. The second-order valence-corrected chi connectivity index (χ2v) is 5.84. The fraction of sp³-hybridized carbons (Fsp3) is 0.143. The Labute approximate surface area is 167 Å². The molecule has 0 bridgehead atoms. The Balaban J connectivity index is 1.70. The topological polar surface area (TPSA) is 102 Å². The summed E-state index contributed by atoms with van der Waals surface area (Å²) >= 11 is 0. The Kier molecular flexibility index (Phi) is 6.36. The number of esters is 1. The number of para-hydroxylation sites is 2. The minimum atomic E-state index is -0.409. The minimum Gasteiger partial charge on any atom is -0.495 e. The van der Waals surface area contributed by atoms with Gasteiger partial charge < -0.3 is 20.1 Å². The molecular formula is C21H20N4O4. The van der Waals surface area contributed by atoms with Gasteiger partial charge in [0.1, 0.15) is 11.4 Å². The largest absolute Gasteiger partial charge is 0.495 e. The smallest absolute Gasteiger partial charge is 0.338 e. The number of hydrogen-bond acceptors (Lipinski definition) is 7. The second kappa shape index (κ2) is 9.32. The van der Waals surface area contributed by atoms with Gasteiger partial charge in [0.2, 0.25) is 5.95 Å². The number of carbonyl (C=O) groups excluding carboxylic acids is 2. The lowest BCUT2D eigenvalue weighted by molar-refractivity contribution is 0.0526. The van der Waals surface area contributed by atoms with Crippen LogP contribution in [0.4, 0.5) is 17.3 Å². The van der Waals surface area contributed by atoms with Crippen molar-refractivity contribution in [3.05, 3.63) is 72.1 Å². The molecule has 3 aromatic rings. The van der Waals surface area contributed by atoms with Crippen molar-refractivity contribution in [3.63, 3.8) is 0 Å². The van der Waals surface area contributed by atoms with Crippen LogP contribution >= 0.6 is 0 Å². The molecule has 0 aliphatic rings. The van der Waals surface area contributed by atoms with Gasteiger partial charge in [-0.1, -0.05) is 12.1 Å². The highest BCUT2D eigenvalue weighted by Gasteiger charge is 2.12. The summed E-state index contributed by atoms with van der Waals surface area (Å²) in [4.78, 5) is 32.6. The average Bonchev–Trinajstić information content (AvgIpc) is 2.75. The summed E-state index contributed by atoms with van der Waals surface area (Å²) in [5.41, 5.74) is 1.81. The number of carbonyl (C=O) groups is 2. The zero-order chi connectivity index (χ0) is 20.6. The van der Waals surface area contributed by atoms with Crippen LogP contribution in [0.2, 0.25) is 0 Å². The van der Waals surface area contributed by atoms with E-state index in [-0.39, 0.29) is 11.6 Å². The van der Waals surface area contributed by atoms with Gasteiger partial charge in [-0.2, -0.15) is 0 Å². The molecule has 8 heteroatoms. The second-order valence-electron chi connectivity index (χ2n) is 5.84. The van der Waals surface area contributed by atoms with Crippen LogP contribution in [0.25, 0.3) is 0 Å². The van der Waals surface area contributed by atoms with Crippen LogP contribution in [0.1, 0.15) is 27.8 Å². The Morgan fingerprint density at radius 3 is 2.52 bits per heavy atom. The number of hydrogen-bond donors (Lipinski definition) is 2.